The molecule has 0 saturated carbocycles. The maximum absolute atomic E-state index is 13.5. The van der Waals surface area contributed by atoms with Crippen LogP contribution in [0.25, 0.3) is 0 Å². The first-order valence-electron chi connectivity index (χ1n) is 12.4. The van der Waals surface area contributed by atoms with Gasteiger partial charge in [-0.1, -0.05) is 0 Å². The molecule has 1 saturated heterocycles. The number of hydrogen-bond donors (Lipinski definition) is 1. The molecule has 185 valence electrons. The fraction of sp³-hybridized carbons (Fsp3) is 0.296. The number of pyridine rings is 1. The van der Waals surface area contributed by atoms with E-state index in [2.05, 4.69) is 49.2 Å². The molecule has 3 aromatic rings. The fourth-order valence-corrected chi connectivity index (χ4v) is 6.07. The van der Waals surface area contributed by atoms with Crippen molar-refractivity contribution in [2.45, 2.75) is 24.8 Å². The van der Waals surface area contributed by atoms with Gasteiger partial charge in [-0.3, -0.25) is 0 Å². The Balaban J connectivity index is 1.37. The Bertz CT molecular complexity index is 1420. The monoisotopic (exact) mass is 508 g/mol. The van der Waals surface area contributed by atoms with Gasteiger partial charge in [0.25, 0.3) is 0 Å². The summed E-state index contributed by atoms with van der Waals surface area (Å²) < 4.78 is 0. The van der Waals surface area contributed by atoms with Crippen LogP contribution < -0.4 is 15.1 Å². The van der Waals surface area contributed by atoms with E-state index in [1.165, 1.54) is 0 Å². The van der Waals surface area contributed by atoms with E-state index >= 15 is 0 Å². The molecule has 1 amide bonds. The van der Waals surface area contributed by atoms with Crippen LogP contribution in [0, 0.1) is 6.92 Å². The summed E-state index contributed by atoms with van der Waals surface area (Å²) in [5.41, 5.74) is 4.18. The molecule has 5 heterocycles. The van der Waals surface area contributed by atoms with Gasteiger partial charge in [-0.25, -0.2) is 0 Å². The van der Waals surface area contributed by atoms with Gasteiger partial charge in [0.2, 0.25) is 0 Å². The third-order valence-corrected chi connectivity index (χ3v) is 8.04. The normalized spacial score (nSPS) is 17.3. The van der Waals surface area contributed by atoms with Gasteiger partial charge in [0.05, 0.1) is 0 Å². The number of aryl methyl sites for hydroxylation is 1. The summed E-state index contributed by atoms with van der Waals surface area (Å²) in [6.07, 6.45) is 4.46. The zero-order chi connectivity index (χ0) is 25.5. The molecule has 1 N–H and O–H groups in total. The molecular formula is C27H27BN7OS. The van der Waals surface area contributed by atoms with E-state index in [1.807, 2.05) is 31.2 Å². The number of fused-ring (bicyclic) bond motifs is 5. The minimum absolute atomic E-state index is 0.245. The van der Waals surface area contributed by atoms with Crippen LogP contribution in [0.5, 0.6) is 0 Å². The number of amides is 1. The summed E-state index contributed by atoms with van der Waals surface area (Å²) in [6.45, 7) is 6.10. The van der Waals surface area contributed by atoms with Crippen LogP contribution >= 0.6 is 11.8 Å². The van der Waals surface area contributed by atoms with Crippen LogP contribution in [0.4, 0.5) is 17.3 Å². The molecule has 1 fully saturated rings. The van der Waals surface area contributed by atoms with Gasteiger partial charge >= 0.3 is 222 Å². The number of aromatic nitrogens is 3. The predicted octanol–water partition coefficient (Wildman–Crippen LogP) is 2.80. The Kier molecular flexibility index (Phi) is 6.30. The molecule has 1 radical (unpaired) electrons. The molecule has 8 nitrogen and oxygen atoms in total. The second kappa shape index (κ2) is 9.76. The summed E-state index contributed by atoms with van der Waals surface area (Å²) in [7, 11) is 8.87. The average molecular weight is 508 g/mol. The molecule has 0 atom stereocenters. The topological polar surface area (TPSA) is 77.5 Å². The third-order valence-electron chi connectivity index (χ3n) is 6.90. The molecule has 0 bridgehead atoms. The number of benzene rings is 1. The maximum atomic E-state index is 13.5. The molecule has 10 heteroatoms. The first kappa shape index (κ1) is 23.9. The minimum atomic E-state index is -0.245. The Hall–Kier alpha value is -3.50. The molecule has 3 aliphatic rings. The van der Waals surface area contributed by atoms with Gasteiger partial charge in [-0.05, 0) is 0 Å². The molecular weight excluding hydrogens is 481 g/mol. The van der Waals surface area contributed by atoms with Crippen LogP contribution in [0.15, 0.2) is 64.3 Å². The first-order chi connectivity index (χ1) is 18.0. The zero-order valence-electron chi connectivity index (χ0n) is 20.9. The number of likely N-dealkylation sites (N-methyl/N-ethyl adjacent to an activating group) is 1. The molecule has 0 spiro atoms. The second-order valence-electron chi connectivity index (χ2n) is 9.52. The van der Waals surface area contributed by atoms with Gasteiger partial charge in [-0.2, -0.15) is 0 Å². The molecule has 0 unspecified atom stereocenters. The van der Waals surface area contributed by atoms with Crippen molar-refractivity contribution in [2.24, 2.45) is 0 Å². The van der Waals surface area contributed by atoms with Crippen LogP contribution in [-0.4, -0.2) is 71.9 Å². The van der Waals surface area contributed by atoms with Gasteiger partial charge in [0, 0.05) is 0 Å². The summed E-state index contributed by atoms with van der Waals surface area (Å²) in [5.74, 6) is 1.45. The number of carbonyl (C=O) groups is 1. The molecule has 37 heavy (non-hydrogen) atoms. The van der Waals surface area contributed by atoms with Crippen molar-refractivity contribution in [1.82, 2.24) is 25.2 Å². The van der Waals surface area contributed by atoms with Crippen molar-refractivity contribution in [1.29, 1.82) is 0 Å². The Morgan fingerprint density at radius 1 is 1.08 bits per heavy atom. The van der Waals surface area contributed by atoms with Crippen LogP contribution in [0.2, 0.25) is 0 Å². The molecule has 2 aromatic heterocycles. The summed E-state index contributed by atoms with van der Waals surface area (Å²) in [5, 5.41) is 3.77. The third kappa shape index (κ3) is 4.44. The fourth-order valence-electron chi connectivity index (χ4n) is 4.87. The van der Waals surface area contributed by atoms with Crippen molar-refractivity contribution in [3.05, 3.63) is 76.3 Å². The number of hydrogen-bond acceptors (Lipinski definition) is 8. The Morgan fingerprint density at radius 2 is 1.95 bits per heavy atom. The molecule has 1 aromatic carbocycles. The van der Waals surface area contributed by atoms with Gasteiger partial charge < -0.3 is 0 Å². The number of thioether (sulfide) groups is 1. The van der Waals surface area contributed by atoms with E-state index in [9.17, 15) is 4.79 Å². The SMILES string of the molecule is [B]=C1C(C(=O)NCc2cnc(C)cn2)=C2Sc3ccccc3N2c2nc(N3CCCN(C)CC3)ccc21. The van der Waals surface area contributed by atoms with E-state index in [1.54, 1.807) is 24.2 Å². The number of anilines is 3. The van der Waals surface area contributed by atoms with Crippen LogP contribution in [-0.2, 0) is 11.3 Å². The quantitative estimate of drug-likeness (QED) is 0.540. The first-order valence-corrected chi connectivity index (χ1v) is 13.3. The van der Waals surface area contributed by atoms with Crippen molar-refractivity contribution in [2.75, 3.05) is 43.0 Å². The van der Waals surface area contributed by atoms with Gasteiger partial charge in [-0.15, -0.1) is 0 Å². The number of carbonyl (C=O) groups excluding carboxylic acids is 1. The van der Waals surface area contributed by atoms with E-state index < -0.39 is 0 Å². The summed E-state index contributed by atoms with van der Waals surface area (Å²) in [4.78, 5) is 35.1. The average Bonchev–Trinajstić information content (AvgIpc) is 3.15. The van der Waals surface area contributed by atoms with E-state index in [4.69, 9.17) is 12.5 Å². The van der Waals surface area contributed by atoms with Gasteiger partial charge in [0.1, 0.15) is 0 Å². The second-order valence-corrected chi connectivity index (χ2v) is 10.5. The van der Waals surface area contributed by atoms with Gasteiger partial charge in [0.15, 0.2) is 0 Å². The number of nitrogens with zero attached hydrogens (tertiary/aromatic N) is 6. The Morgan fingerprint density at radius 3 is 2.78 bits per heavy atom. The number of para-hydroxylation sites is 1. The van der Waals surface area contributed by atoms with Crippen molar-refractivity contribution in [3.63, 3.8) is 0 Å². The standard InChI is InChI=1S/C27H27BN7OS/c1-17-14-30-18(15-29-17)16-31-26(36)23-24(28)19-8-9-22(34-11-5-10-33(2)12-13-34)32-25(19)35-20-6-3-4-7-21(20)37-27(23)35/h3-4,6-9,14-15H,5,10-13,16H2,1-2H3,(H,31,36). The van der Waals surface area contributed by atoms with E-state index in [-0.39, 0.29) is 12.5 Å². The van der Waals surface area contributed by atoms with Crippen molar-refractivity contribution >= 4 is 47.9 Å². The zero-order valence-corrected chi connectivity index (χ0v) is 21.8. The molecule has 3 aliphatic heterocycles. The molecule has 0 aliphatic carbocycles. The summed E-state index contributed by atoms with van der Waals surface area (Å²) >= 11 is 1.55. The van der Waals surface area contributed by atoms with E-state index in [0.29, 0.717) is 16.7 Å². The van der Waals surface area contributed by atoms with Crippen LogP contribution in [0.1, 0.15) is 23.4 Å². The van der Waals surface area contributed by atoms with E-state index in [0.717, 1.165) is 71.1 Å². The molecule has 6 rings (SSSR count). The number of nitrogens with one attached hydrogen (secondary N) is 1. The van der Waals surface area contributed by atoms with Crippen molar-refractivity contribution < 1.29 is 4.79 Å². The Labute approximate surface area is 221 Å². The van der Waals surface area contributed by atoms with Crippen LogP contribution in [0.3, 0.4) is 0 Å². The van der Waals surface area contributed by atoms with Crippen molar-refractivity contribution in [3.8, 4) is 0 Å². The summed E-state index contributed by atoms with van der Waals surface area (Å²) in [6, 6.07) is 12.2. The predicted molar refractivity (Wildman–Crippen MR) is 149 cm³/mol. The number of rotatable bonds is 4.